The van der Waals surface area contributed by atoms with Gasteiger partial charge in [-0.2, -0.15) is 0 Å². The summed E-state index contributed by atoms with van der Waals surface area (Å²) in [5.74, 6) is -1.24. The highest BCUT2D eigenvalue weighted by Gasteiger charge is 2.35. The van der Waals surface area contributed by atoms with Crippen molar-refractivity contribution in [3.05, 3.63) is 0 Å². The molecule has 0 saturated carbocycles. The van der Waals surface area contributed by atoms with Crippen molar-refractivity contribution in [3.63, 3.8) is 0 Å². The normalized spacial score (nSPS) is 15.3. The Hall–Kier alpha value is 0.270. The van der Waals surface area contributed by atoms with Crippen LogP contribution in [0, 0.1) is 5.41 Å². The fourth-order valence-corrected chi connectivity index (χ4v) is 1.72. The fourth-order valence-electron chi connectivity index (χ4n) is 0.962. The van der Waals surface area contributed by atoms with Crippen LogP contribution < -0.4 is 5.11 Å². The van der Waals surface area contributed by atoms with Gasteiger partial charge in [-0.1, -0.05) is 37.0 Å². The van der Waals surface area contributed by atoms with Crippen LogP contribution in [0.15, 0.2) is 0 Å². The second-order valence-electron chi connectivity index (χ2n) is 3.82. The lowest BCUT2D eigenvalue weighted by atomic mass is 9.84. The number of carboxylic acids is 1. The third-order valence-corrected chi connectivity index (χ3v) is 2.91. The topological polar surface area (TPSA) is 40.1 Å². The summed E-state index contributed by atoms with van der Waals surface area (Å²) in [5.41, 5.74) is -0.818. The first-order valence-electron chi connectivity index (χ1n) is 3.95. The summed E-state index contributed by atoms with van der Waals surface area (Å²) in [5, 5.41) is 9.58. The quantitative estimate of drug-likeness (QED) is 0.715. The smallest absolute Gasteiger partial charge is 0.258 e. The van der Waals surface area contributed by atoms with Gasteiger partial charge in [-0.25, -0.2) is 4.39 Å². The van der Waals surface area contributed by atoms with E-state index in [1.807, 2.05) is 0 Å². The van der Waals surface area contributed by atoms with E-state index in [2.05, 4.69) is 0 Å². The molecular formula is C8H11Cl3FO2-. The molecule has 0 aromatic carbocycles. The SMILES string of the molecule is CC(C)(CC(=O)[O-])C(Cl)CC(F)(Cl)Cl. The molecule has 0 aromatic rings. The van der Waals surface area contributed by atoms with Crippen LogP contribution in [-0.4, -0.2) is 15.9 Å². The van der Waals surface area contributed by atoms with Gasteiger partial charge < -0.3 is 9.90 Å². The Bertz CT molecular complexity index is 213. The predicted molar refractivity (Wildman–Crippen MR) is 53.2 cm³/mol. The lowest BCUT2D eigenvalue weighted by Crippen LogP contribution is -2.36. The van der Waals surface area contributed by atoms with Crippen LogP contribution in [0.4, 0.5) is 4.39 Å². The second kappa shape index (κ2) is 4.86. The molecule has 0 aliphatic carbocycles. The molecule has 14 heavy (non-hydrogen) atoms. The summed E-state index contributed by atoms with van der Waals surface area (Å²) >= 11 is 16.0. The Morgan fingerprint density at radius 1 is 1.50 bits per heavy atom. The van der Waals surface area contributed by atoms with Crippen molar-refractivity contribution >= 4 is 40.8 Å². The van der Waals surface area contributed by atoms with E-state index >= 15 is 0 Å². The van der Waals surface area contributed by atoms with E-state index in [1.165, 1.54) is 0 Å². The number of hydrogen-bond donors (Lipinski definition) is 0. The maximum atomic E-state index is 12.8. The highest BCUT2D eigenvalue weighted by atomic mass is 35.5. The van der Waals surface area contributed by atoms with E-state index in [-0.39, 0.29) is 12.8 Å². The van der Waals surface area contributed by atoms with Gasteiger partial charge in [0.25, 0.3) is 4.59 Å². The molecule has 0 bridgehead atoms. The van der Waals surface area contributed by atoms with Gasteiger partial charge in [0.05, 0.1) is 0 Å². The number of rotatable bonds is 5. The van der Waals surface area contributed by atoms with Crippen LogP contribution in [0.2, 0.25) is 0 Å². The van der Waals surface area contributed by atoms with E-state index in [9.17, 15) is 14.3 Å². The molecule has 0 spiro atoms. The van der Waals surface area contributed by atoms with Crippen molar-refractivity contribution in [3.8, 4) is 0 Å². The average molecular weight is 265 g/mol. The number of halogens is 4. The van der Waals surface area contributed by atoms with Gasteiger partial charge in [0, 0.05) is 17.8 Å². The standard InChI is InChI=1S/C8H12Cl3FO2/c1-7(2,4-6(13)14)5(9)3-8(10,11)12/h5H,3-4H2,1-2H3,(H,13,14)/p-1. The molecule has 84 valence electrons. The van der Waals surface area contributed by atoms with E-state index in [0.29, 0.717) is 0 Å². The molecule has 0 saturated heterocycles. The molecule has 0 radical (unpaired) electrons. The van der Waals surface area contributed by atoms with Gasteiger partial charge in [-0.3, -0.25) is 0 Å². The van der Waals surface area contributed by atoms with Gasteiger partial charge in [0.15, 0.2) is 0 Å². The third-order valence-electron chi connectivity index (χ3n) is 1.86. The maximum absolute atomic E-state index is 12.8. The lowest BCUT2D eigenvalue weighted by molar-refractivity contribution is -0.307. The number of hydrogen-bond acceptors (Lipinski definition) is 2. The van der Waals surface area contributed by atoms with Crippen LogP contribution in [0.5, 0.6) is 0 Å². The maximum Gasteiger partial charge on any atom is 0.258 e. The molecule has 0 fully saturated rings. The first kappa shape index (κ1) is 14.3. The minimum absolute atomic E-state index is 0.273. The Balaban J connectivity index is 4.35. The number of carboxylic acid groups (broad SMARTS) is 1. The van der Waals surface area contributed by atoms with Gasteiger partial charge in [-0.15, -0.1) is 11.6 Å². The number of carbonyl (C=O) groups is 1. The first-order valence-corrected chi connectivity index (χ1v) is 5.14. The summed E-state index contributed by atoms with van der Waals surface area (Å²) in [6, 6.07) is 0. The van der Waals surface area contributed by atoms with Crippen molar-refractivity contribution in [2.45, 2.75) is 36.7 Å². The van der Waals surface area contributed by atoms with Gasteiger partial charge >= 0.3 is 0 Å². The summed E-state index contributed by atoms with van der Waals surface area (Å²) in [7, 11) is 0. The van der Waals surface area contributed by atoms with E-state index < -0.39 is 21.3 Å². The van der Waals surface area contributed by atoms with E-state index in [4.69, 9.17) is 34.8 Å². The highest BCUT2D eigenvalue weighted by molar-refractivity contribution is 6.47. The second-order valence-corrected chi connectivity index (χ2v) is 5.74. The molecule has 0 N–H and O–H groups in total. The van der Waals surface area contributed by atoms with Crippen LogP contribution in [0.3, 0.4) is 0 Å². The zero-order valence-corrected chi connectivity index (χ0v) is 10.1. The Labute approximate surface area is 97.3 Å². The molecule has 0 amide bonds. The zero-order valence-electron chi connectivity index (χ0n) is 7.82. The minimum atomic E-state index is -2.43. The Morgan fingerprint density at radius 3 is 2.21 bits per heavy atom. The average Bonchev–Trinajstić information content (AvgIpc) is 1.79. The number of aliphatic carboxylic acids is 1. The largest absolute Gasteiger partial charge is 0.550 e. The number of carbonyl (C=O) groups excluding carboxylic acids is 1. The molecule has 0 heterocycles. The van der Waals surface area contributed by atoms with Crippen LogP contribution >= 0.6 is 34.8 Å². The van der Waals surface area contributed by atoms with Gasteiger partial charge in [0.1, 0.15) is 0 Å². The first-order chi connectivity index (χ1) is 6.04. The van der Waals surface area contributed by atoms with Crippen molar-refractivity contribution in [1.82, 2.24) is 0 Å². The van der Waals surface area contributed by atoms with E-state index in [0.717, 1.165) is 0 Å². The predicted octanol–water partition coefficient (Wildman–Crippen LogP) is 2.25. The van der Waals surface area contributed by atoms with E-state index in [1.54, 1.807) is 13.8 Å². The molecule has 0 rings (SSSR count). The molecule has 6 heteroatoms. The summed E-state index contributed by atoms with van der Waals surface area (Å²) in [6.07, 6.45) is -0.608. The monoisotopic (exact) mass is 263 g/mol. The van der Waals surface area contributed by atoms with Crippen LogP contribution in [-0.2, 0) is 4.79 Å². The zero-order chi connectivity index (χ0) is 11.6. The van der Waals surface area contributed by atoms with Crippen molar-refractivity contribution in [2.75, 3.05) is 0 Å². The van der Waals surface area contributed by atoms with Crippen molar-refractivity contribution < 1.29 is 14.3 Å². The summed E-state index contributed by atoms with van der Waals surface area (Å²) < 4.78 is 10.4. The van der Waals surface area contributed by atoms with Crippen LogP contribution in [0.25, 0.3) is 0 Å². The Morgan fingerprint density at radius 2 is 1.93 bits per heavy atom. The summed E-state index contributed by atoms with van der Waals surface area (Å²) in [4.78, 5) is 10.4. The minimum Gasteiger partial charge on any atom is -0.550 e. The molecule has 0 aliphatic heterocycles. The third kappa shape index (κ3) is 5.89. The Kier molecular flexibility index (Phi) is 4.96. The number of alkyl halides is 4. The van der Waals surface area contributed by atoms with Crippen molar-refractivity contribution in [2.24, 2.45) is 5.41 Å². The highest BCUT2D eigenvalue weighted by Crippen LogP contribution is 2.39. The van der Waals surface area contributed by atoms with Crippen LogP contribution in [0.1, 0.15) is 26.7 Å². The molecule has 1 atom stereocenters. The van der Waals surface area contributed by atoms with Crippen molar-refractivity contribution in [1.29, 1.82) is 0 Å². The lowest BCUT2D eigenvalue weighted by Gasteiger charge is -2.31. The molecule has 1 unspecified atom stereocenters. The van der Waals surface area contributed by atoms with Gasteiger partial charge in [-0.05, 0) is 11.8 Å². The molecule has 0 aliphatic rings. The fraction of sp³-hybridized carbons (Fsp3) is 0.875. The summed E-state index contributed by atoms with van der Waals surface area (Å²) in [6.45, 7) is 3.17. The molecule has 2 nitrogen and oxygen atoms in total. The van der Waals surface area contributed by atoms with Gasteiger partial charge in [0.2, 0.25) is 0 Å². The molecular weight excluding hydrogens is 253 g/mol. The molecule has 0 aromatic heterocycles.